The highest BCUT2D eigenvalue weighted by atomic mass is 16.6. The largest absolute Gasteiger partial charge is 0.465 e. The zero-order valence-corrected chi connectivity index (χ0v) is 15.2. The predicted octanol–water partition coefficient (Wildman–Crippen LogP) is 3.29. The topological polar surface area (TPSA) is 110 Å². The Bertz CT molecular complexity index is 857. The lowest BCUT2D eigenvalue weighted by atomic mass is 10.0. The Kier molecular flexibility index (Phi) is 5.49. The maximum atomic E-state index is 12.0. The van der Waals surface area contributed by atoms with Crippen molar-refractivity contribution >= 4 is 29.0 Å². The summed E-state index contributed by atoms with van der Waals surface area (Å²) in [5.41, 5.74) is 0.440. The van der Waals surface area contributed by atoms with E-state index in [-0.39, 0.29) is 23.1 Å². The van der Waals surface area contributed by atoms with Gasteiger partial charge in [-0.15, -0.1) is 0 Å². The number of carbonyl (C=O) groups is 1. The minimum Gasteiger partial charge on any atom is -0.465 e. The molecular weight excluding hydrogens is 350 g/mol. The van der Waals surface area contributed by atoms with Gasteiger partial charge in [0.1, 0.15) is 6.33 Å². The van der Waals surface area contributed by atoms with E-state index in [2.05, 4.69) is 15.3 Å². The third-order valence-corrected chi connectivity index (χ3v) is 4.65. The van der Waals surface area contributed by atoms with Gasteiger partial charge in [0, 0.05) is 12.6 Å². The number of para-hydroxylation sites is 1. The maximum Gasteiger partial charge on any atom is 0.353 e. The third-order valence-electron chi connectivity index (χ3n) is 4.65. The summed E-state index contributed by atoms with van der Waals surface area (Å²) in [5.74, 6) is -0.209. The molecule has 1 atom stereocenters. The lowest BCUT2D eigenvalue weighted by molar-refractivity contribution is -0.383. The number of hydrogen-bond acceptors (Lipinski definition) is 8. The first-order chi connectivity index (χ1) is 13.0. The number of piperidine rings is 1. The van der Waals surface area contributed by atoms with Crippen molar-refractivity contribution in [3.05, 3.63) is 46.3 Å². The molecule has 2 heterocycles. The molecule has 0 bridgehead atoms. The van der Waals surface area contributed by atoms with Crippen LogP contribution in [0.1, 0.15) is 36.5 Å². The van der Waals surface area contributed by atoms with Crippen molar-refractivity contribution in [1.82, 2.24) is 9.97 Å². The van der Waals surface area contributed by atoms with Gasteiger partial charge in [-0.25, -0.2) is 14.8 Å². The summed E-state index contributed by atoms with van der Waals surface area (Å²) in [5, 5.41) is 14.7. The molecule has 27 heavy (non-hydrogen) atoms. The number of nitrogens with one attached hydrogen (secondary N) is 1. The first-order valence-corrected chi connectivity index (χ1v) is 8.73. The molecule has 1 unspecified atom stereocenters. The Morgan fingerprint density at radius 1 is 1.33 bits per heavy atom. The standard InChI is InChI=1S/C18H21N5O4/c1-12-7-5-6-10-22(12)17-15(23(25)26)16(19-11-20-17)21-14-9-4-3-8-13(14)18(24)27-2/h3-4,8-9,11-12H,5-7,10H2,1-2H3,(H,19,20,21). The summed E-state index contributed by atoms with van der Waals surface area (Å²) in [6.07, 6.45) is 4.30. The van der Waals surface area contributed by atoms with Gasteiger partial charge in [-0.05, 0) is 38.3 Å². The molecule has 0 aliphatic carbocycles. The predicted molar refractivity (Wildman–Crippen MR) is 100 cm³/mol. The molecule has 0 radical (unpaired) electrons. The normalized spacial score (nSPS) is 16.7. The minimum atomic E-state index is -0.542. The van der Waals surface area contributed by atoms with Crippen molar-refractivity contribution in [1.29, 1.82) is 0 Å². The van der Waals surface area contributed by atoms with E-state index in [1.807, 2.05) is 11.8 Å². The Balaban J connectivity index is 2.03. The smallest absolute Gasteiger partial charge is 0.353 e. The second-order valence-corrected chi connectivity index (χ2v) is 6.35. The summed E-state index contributed by atoms with van der Waals surface area (Å²) in [6, 6.07) is 6.78. The van der Waals surface area contributed by atoms with Crippen molar-refractivity contribution < 1.29 is 14.5 Å². The molecule has 1 aromatic carbocycles. The van der Waals surface area contributed by atoms with Crippen LogP contribution in [0.3, 0.4) is 0 Å². The van der Waals surface area contributed by atoms with Gasteiger partial charge in [0.2, 0.25) is 11.6 Å². The van der Waals surface area contributed by atoms with Gasteiger partial charge in [0.05, 0.1) is 23.3 Å². The molecule has 1 fully saturated rings. The molecule has 0 spiro atoms. The van der Waals surface area contributed by atoms with Crippen molar-refractivity contribution in [2.24, 2.45) is 0 Å². The van der Waals surface area contributed by atoms with Crippen LogP contribution in [0.4, 0.5) is 23.0 Å². The van der Waals surface area contributed by atoms with Crippen LogP contribution in [0.25, 0.3) is 0 Å². The summed E-state index contributed by atoms with van der Waals surface area (Å²) < 4.78 is 4.77. The first-order valence-electron chi connectivity index (χ1n) is 8.73. The SMILES string of the molecule is COC(=O)c1ccccc1Nc1ncnc(N2CCCCC2C)c1[N+](=O)[O-]. The van der Waals surface area contributed by atoms with E-state index in [1.165, 1.54) is 13.4 Å². The molecule has 142 valence electrons. The number of rotatable bonds is 5. The molecule has 2 aromatic rings. The number of benzene rings is 1. The summed E-state index contributed by atoms with van der Waals surface area (Å²) >= 11 is 0. The number of anilines is 3. The van der Waals surface area contributed by atoms with Gasteiger partial charge in [-0.2, -0.15) is 0 Å². The number of nitro groups is 1. The lowest BCUT2D eigenvalue weighted by Gasteiger charge is -2.33. The molecular formula is C18H21N5O4. The second-order valence-electron chi connectivity index (χ2n) is 6.35. The number of carbonyl (C=O) groups excluding carboxylic acids is 1. The van der Waals surface area contributed by atoms with E-state index < -0.39 is 10.9 Å². The van der Waals surface area contributed by atoms with E-state index in [4.69, 9.17) is 4.74 Å². The number of methoxy groups -OCH3 is 1. The molecule has 0 saturated carbocycles. The monoisotopic (exact) mass is 371 g/mol. The van der Waals surface area contributed by atoms with Crippen LogP contribution in [-0.2, 0) is 4.74 Å². The number of esters is 1. The zero-order chi connectivity index (χ0) is 19.4. The van der Waals surface area contributed by atoms with Gasteiger partial charge in [-0.3, -0.25) is 10.1 Å². The highest BCUT2D eigenvalue weighted by molar-refractivity contribution is 5.96. The van der Waals surface area contributed by atoms with Crippen molar-refractivity contribution in [3.8, 4) is 0 Å². The van der Waals surface area contributed by atoms with Gasteiger partial charge in [-0.1, -0.05) is 12.1 Å². The van der Waals surface area contributed by atoms with E-state index in [9.17, 15) is 14.9 Å². The van der Waals surface area contributed by atoms with Crippen LogP contribution in [0, 0.1) is 10.1 Å². The molecule has 9 heteroatoms. The second kappa shape index (κ2) is 7.98. The van der Waals surface area contributed by atoms with Crippen molar-refractivity contribution in [2.45, 2.75) is 32.2 Å². The van der Waals surface area contributed by atoms with Gasteiger partial charge < -0.3 is 15.0 Å². The van der Waals surface area contributed by atoms with Crippen LogP contribution in [-0.4, -0.2) is 40.6 Å². The van der Waals surface area contributed by atoms with Crippen molar-refractivity contribution in [2.75, 3.05) is 23.9 Å². The van der Waals surface area contributed by atoms with Gasteiger partial charge in [0.25, 0.3) is 0 Å². The minimum absolute atomic E-state index is 0.0409. The van der Waals surface area contributed by atoms with Crippen LogP contribution >= 0.6 is 0 Å². The molecule has 9 nitrogen and oxygen atoms in total. The number of hydrogen-bond donors (Lipinski definition) is 1. The number of aromatic nitrogens is 2. The highest BCUT2D eigenvalue weighted by Gasteiger charge is 2.31. The Hall–Kier alpha value is -3.23. The van der Waals surface area contributed by atoms with Gasteiger partial charge >= 0.3 is 11.7 Å². The summed E-state index contributed by atoms with van der Waals surface area (Å²) in [7, 11) is 1.28. The van der Waals surface area contributed by atoms with Gasteiger partial charge in [0.15, 0.2) is 0 Å². The van der Waals surface area contributed by atoms with Crippen molar-refractivity contribution in [3.63, 3.8) is 0 Å². The number of ether oxygens (including phenoxy) is 1. The first kappa shape index (κ1) is 18.6. The molecule has 1 aliphatic rings. The fourth-order valence-electron chi connectivity index (χ4n) is 3.26. The van der Waals surface area contributed by atoms with Crippen LogP contribution in [0.5, 0.6) is 0 Å². The molecule has 1 saturated heterocycles. The Morgan fingerprint density at radius 2 is 2.11 bits per heavy atom. The molecule has 1 aromatic heterocycles. The number of nitrogens with zero attached hydrogens (tertiary/aromatic N) is 4. The summed E-state index contributed by atoms with van der Waals surface area (Å²) in [6.45, 7) is 2.74. The zero-order valence-electron chi connectivity index (χ0n) is 15.2. The van der Waals surface area contributed by atoms with E-state index in [0.717, 1.165) is 19.3 Å². The molecule has 0 amide bonds. The average molecular weight is 371 g/mol. The Labute approximate surface area is 156 Å². The molecule has 1 aliphatic heterocycles. The lowest BCUT2D eigenvalue weighted by Crippen LogP contribution is -2.38. The maximum absolute atomic E-state index is 12.0. The molecule has 3 rings (SSSR count). The highest BCUT2D eigenvalue weighted by Crippen LogP contribution is 2.36. The van der Waals surface area contributed by atoms with Crippen LogP contribution in [0.15, 0.2) is 30.6 Å². The molecule has 1 N–H and O–H groups in total. The summed E-state index contributed by atoms with van der Waals surface area (Å²) in [4.78, 5) is 33.5. The quantitative estimate of drug-likeness (QED) is 0.484. The Morgan fingerprint density at radius 3 is 2.81 bits per heavy atom. The average Bonchev–Trinajstić information content (AvgIpc) is 2.68. The van der Waals surface area contributed by atoms with E-state index in [0.29, 0.717) is 18.1 Å². The van der Waals surface area contributed by atoms with E-state index >= 15 is 0 Å². The fraction of sp³-hybridized carbons (Fsp3) is 0.389. The fourth-order valence-corrected chi connectivity index (χ4v) is 3.26. The van der Waals surface area contributed by atoms with E-state index in [1.54, 1.807) is 24.3 Å². The van der Waals surface area contributed by atoms with Crippen LogP contribution in [0.2, 0.25) is 0 Å². The van der Waals surface area contributed by atoms with Crippen LogP contribution < -0.4 is 10.2 Å². The third kappa shape index (κ3) is 3.81.